The quantitative estimate of drug-likeness (QED) is 0.754. The Labute approximate surface area is 121 Å². The highest BCUT2D eigenvalue weighted by Crippen LogP contribution is 2.14. The molecule has 1 aromatic rings. The van der Waals surface area contributed by atoms with E-state index in [0.29, 0.717) is 19.6 Å². The van der Waals surface area contributed by atoms with Gasteiger partial charge in [0.05, 0.1) is 6.42 Å². The highest BCUT2D eigenvalue weighted by Gasteiger charge is 2.33. The van der Waals surface area contributed by atoms with Gasteiger partial charge < -0.3 is 19.9 Å². The van der Waals surface area contributed by atoms with Gasteiger partial charge in [-0.2, -0.15) is 0 Å². The molecule has 1 unspecified atom stereocenters. The number of aryl methyl sites for hydroxylation is 1. The molecular weight excluding hydrogens is 276 g/mol. The zero-order valence-electron chi connectivity index (χ0n) is 11.8. The van der Waals surface area contributed by atoms with Crippen molar-refractivity contribution in [1.29, 1.82) is 0 Å². The van der Waals surface area contributed by atoms with Crippen LogP contribution in [0.15, 0.2) is 17.2 Å². The van der Waals surface area contributed by atoms with Gasteiger partial charge in [0.1, 0.15) is 6.04 Å². The van der Waals surface area contributed by atoms with Crippen molar-refractivity contribution in [2.24, 2.45) is 0 Å². The molecule has 2 heterocycles. The van der Waals surface area contributed by atoms with Crippen molar-refractivity contribution in [2.75, 3.05) is 18.0 Å². The van der Waals surface area contributed by atoms with Crippen LogP contribution in [-0.4, -0.2) is 45.7 Å². The zero-order chi connectivity index (χ0) is 15.4. The number of nitrogens with one attached hydrogen (secondary N) is 1. The van der Waals surface area contributed by atoms with Crippen LogP contribution in [0.3, 0.4) is 0 Å². The molecule has 1 saturated heterocycles. The number of anilines is 1. The average molecular weight is 294 g/mol. The molecule has 114 valence electrons. The van der Waals surface area contributed by atoms with Crippen molar-refractivity contribution in [3.8, 4) is 0 Å². The standard InChI is InChI=1S/C13H18N4O4/c1-2-5-16-6-3-14-11(13(16)21)17-7-4-15-12(20)9(17)8-10(18)19/h3,6,9H,2,4-5,7-8H2,1H3,(H,15,20)(H,18,19). The van der Waals surface area contributed by atoms with Gasteiger partial charge in [0.15, 0.2) is 5.82 Å². The molecule has 1 aliphatic heterocycles. The number of amides is 1. The molecule has 2 N–H and O–H groups in total. The van der Waals surface area contributed by atoms with Crippen LogP contribution in [-0.2, 0) is 16.1 Å². The normalized spacial score (nSPS) is 18.4. The number of nitrogens with zero attached hydrogens (tertiary/aromatic N) is 3. The molecule has 1 amide bonds. The minimum Gasteiger partial charge on any atom is -0.481 e. The number of rotatable bonds is 5. The van der Waals surface area contributed by atoms with Gasteiger partial charge >= 0.3 is 5.97 Å². The van der Waals surface area contributed by atoms with Gasteiger partial charge in [-0.25, -0.2) is 4.98 Å². The molecule has 0 bridgehead atoms. The van der Waals surface area contributed by atoms with Crippen LogP contribution < -0.4 is 15.8 Å². The number of carbonyl (C=O) groups excluding carboxylic acids is 1. The van der Waals surface area contributed by atoms with E-state index in [0.717, 1.165) is 6.42 Å². The lowest BCUT2D eigenvalue weighted by molar-refractivity contribution is -0.139. The van der Waals surface area contributed by atoms with Gasteiger partial charge in [-0.3, -0.25) is 14.4 Å². The van der Waals surface area contributed by atoms with Crippen LogP contribution in [0.1, 0.15) is 19.8 Å². The molecule has 1 aromatic heterocycles. The zero-order valence-corrected chi connectivity index (χ0v) is 11.8. The molecular formula is C13H18N4O4. The number of hydrogen-bond acceptors (Lipinski definition) is 5. The van der Waals surface area contributed by atoms with E-state index >= 15 is 0 Å². The van der Waals surface area contributed by atoms with E-state index in [1.807, 2.05) is 6.92 Å². The first kappa shape index (κ1) is 15.0. The van der Waals surface area contributed by atoms with E-state index in [1.165, 1.54) is 15.7 Å². The Bertz CT molecular complexity index is 598. The largest absolute Gasteiger partial charge is 0.481 e. The summed E-state index contributed by atoms with van der Waals surface area (Å²) in [4.78, 5) is 40.7. The number of hydrogen-bond donors (Lipinski definition) is 2. The number of aliphatic carboxylic acids is 1. The maximum absolute atomic E-state index is 12.4. The summed E-state index contributed by atoms with van der Waals surface area (Å²) in [5, 5.41) is 11.6. The third kappa shape index (κ3) is 3.21. The van der Waals surface area contributed by atoms with Gasteiger partial charge in [-0.05, 0) is 6.42 Å². The molecule has 8 nitrogen and oxygen atoms in total. The van der Waals surface area contributed by atoms with Crippen molar-refractivity contribution in [1.82, 2.24) is 14.9 Å². The van der Waals surface area contributed by atoms with Crippen molar-refractivity contribution < 1.29 is 14.7 Å². The summed E-state index contributed by atoms with van der Waals surface area (Å²) < 4.78 is 1.52. The fourth-order valence-electron chi connectivity index (χ4n) is 2.39. The minimum absolute atomic E-state index is 0.132. The molecule has 8 heteroatoms. The van der Waals surface area contributed by atoms with Gasteiger partial charge in [-0.1, -0.05) is 6.92 Å². The summed E-state index contributed by atoms with van der Waals surface area (Å²) in [7, 11) is 0. The first-order chi connectivity index (χ1) is 10.0. The summed E-state index contributed by atoms with van der Waals surface area (Å²) in [6, 6.07) is -0.908. The summed E-state index contributed by atoms with van der Waals surface area (Å²) in [6.45, 7) is 3.23. The highest BCUT2D eigenvalue weighted by atomic mass is 16.4. The Morgan fingerprint density at radius 2 is 2.29 bits per heavy atom. The van der Waals surface area contributed by atoms with E-state index in [-0.39, 0.29) is 17.8 Å². The molecule has 0 saturated carbocycles. The Kier molecular flexibility index (Phi) is 4.56. The lowest BCUT2D eigenvalue weighted by atomic mass is 10.1. The molecule has 0 spiro atoms. The van der Waals surface area contributed by atoms with Crippen molar-refractivity contribution in [3.05, 3.63) is 22.7 Å². The fraction of sp³-hybridized carbons (Fsp3) is 0.538. The summed E-state index contributed by atoms with van der Waals surface area (Å²) in [5.74, 6) is -1.35. The predicted molar refractivity (Wildman–Crippen MR) is 75.2 cm³/mol. The van der Waals surface area contributed by atoms with Crippen molar-refractivity contribution in [2.45, 2.75) is 32.4 Å². The SMILES string of the molecule is CCCn1ccnc(N2CCNC(=O)C2CC(=O)O)c1=O. The van der Waals surface area contributed by atoms with E-state index < -0.39 is 17.9 Å². The number of carbonyl (C=O) groups is 2. The fourth-order valence-corrected chi connectivity index (χ4v) is 2.39. The first-order valence-electron chi connectivity index (χ1n) is 6.86. The third-order valence-corrected chi connectivity index (χ3v) is 3.33. The highest BCUT2D eigenvalue weighted by molar-refractivity contribution is 5.89. The van der Waals surface area contributed by atoms with E-state index in [4.69, 9.17) is 5.11 Å². The molecule has 0 aromatic carbocycles. The lowest BCUT2D eigenvalue weighted by Crippen LogP contribution is -2.57. The third-order valence-electron chi connectivity index (χ3n) is 3.33. The van der Waals surface area contributed by atoms with Gasteiger partial charge in [0.2, 0.25) is 5.91 Å². The molecule has 2 rings (SSSR count). The lowest BCUT2D eigenvalue weighted by Gasteiger charge is -2.34. The van der Waals surface area contributed by atoms with Gasteiger partial charge in [0.25, 0.3) is 5.56 Å². The Hall–Kier alpha value is -2.38. The number of piperazine rings is 1. The van der Waals surface area contributed by atoms with Crippen LogP contribution in [0, 0.1) is 0 Å². The topological polar surface area (TPSA) is 105 Å². The van der Waals surface area contributed by atoms with Gasteiger partial charge in [0, 0.05) is 32.0 Å². The minimum atomic E-state index is -1.09. The van der Waals surface area contributed by atoms with E-state index in [1.54, 1.807) is 6.20 Å². The van der Waals surface area contributed by atoms with E-state index in [2.05, 4.69) is 10.3 Å². The maximum Gasteiger partial charge on any atom is 0.305 e. The molecule has 0 aliphatic carbocycles. The van der Waals surface area contributed by atoms with Gasteiger partial charge in [-0.15, -0.1) is 0 Å². The average Bonchev–Trinajstić information content (AvgIpc) is 2.43. The van der Waals surface area contributed by atoms with Crippen LogP contribution >= 0.6 is 0 Å². The predicted octanol–water partition coefficient (Wildman–Crippen LogP) is -0.567. The Morgan fingerprint density at radius 3 is 2.95 bits per heavy atom. The summed E-state index contributed by atoms with van der Waals surface area (Å²) in [6.07, 6.45) is 3.51. The van der Waals surface area contributed by atoms with Crippen LogP contribution in [0.4, 0.5) is 5.82 Å². The molecule has 1 aliphatic rings. The first-order valence-corrected chi connectivity index (χ1v) is 6.86. The number of carboxylic acid groups (broad SMARTS) is 1. The molecule has 1 atom stereocenters. The van der Waals surface area contributed by atoms with Crippen molar-refractivity contribution >= 4 is 17.7 Å². The smallest absolute Gasteiger partial charge is 0.305 e. The molecule has 21 heavy (non-hydrogen) atoms. The van der Waals surface area contributed by atoms with E-state index in [9.17, 15) is 14.4 Å². The second-order valence-corrected chi connectivity index (χ2v) is 4.85. The maximum atomic E-state index is 12.4. The summed E-state index contributed by atoms with van der Waals surface area (Å²) >= 11 is 0. The Balaban J connectivity index is 2.38. The van der Waals surface area contributed by atoms with Crippen molar-refractivity contribution in [3.63, 3.8) is 0 Å². The summed E-state index contributed by atoms with van der Waals surface area (Å²) in [5.41, 5.74) is -0.301. The van der Waals surface area contributed by atoms with Crippen LogP contribution in [0.25, 0.3) is 0 Å². The van der Waals surface area contributed by atoms with Crippen LogP contribution in [0.2, 0.25) is 0 Å². The second-order valence-electron chi connectivity index (χ2n) is 4.85. The number of aromatic nitrogens is 2. The monoisotopic (exact) mass is 294 g/mol. The van der Waals surface area contributed by atoms with Crippen LogP contribution in [0.5, 0.6) is 0 Å². The number of carboxylic acids is 1. The second kappa shape index (κ2) is 6.38. The Morgan fingerprint density at radius 1 is 1.52 bits per heavy atom. The molecule has 1 fully saturated rings. The molecule has 0 radical (unpaired) electrons.